The van der Waals surface area contributed by atoms with Crippen LogP contribution in [0.4, 0.5) is 8.78 Å². The molecule has 0 aromatic heterocycles. The van der Waals surface area contributed by atoms with Crippen LogP contribution in [0.3, 0.4) is 0 Å². The minimum Gasteiger partial charge on any atom is -0.507 e. The van der Waals surface area contributed by atoms with Gasteiger partial charge in [-0.05, 0) is 53.6 Å². The van der Waals surface area contributed by atoms with Crippen molar-refractivity contribution in [2.45, 2.75) is 44.1 Å². The van der Waals surface area contributed by atoms with E-state index in [1.165, 1.54) is 18.2 Å². The number of ether oxygens (including phenoxy) is 1. The van der Waals surface area contributed by atoms with Crippen LogP contribution < -0.4 is 0 Å². The van der Waals surface area contributed by atoms with Crippen LogP contribution in [-0.2, 0) is 9.53 Å². The van der Waals surface area contributed by atoms with E-state index in [-0.39, 0.29) is 5.56 Å². The zero-order chi connectivity index (χ0) is 17.9. The lowest BCUT2D eigenvalue weighted by molar-refractivity contribution is -0.189. The first kappa shape index (κ1) is 18.9. The molecule has 1 unspecified atom stereocenters. The lowest BCUT2D eigenvalue weighted by atomic mass is 9.83. The van der Waals surface area contributed by atoms with Gasteiger partial charge in [-0.25, -0.2) is 9.59 Å². The number of carbonyl (C=O) groups excluding carboxylic acids is 1. The van der Waals surface area contributed by atoms with Crippen LogP contribution >= 0.6 is 22.6 Å². The second kappa shape index (κ2) is 7.62. The minimum absolute atomic E-state index is 0.260. The molecule has 1 fully saturated rings. The number of alkyl halides is 2. The Balaban J connectivity index is 2.28. The Hall–Kier alpha value is -1.45. The van der Waals surface area contributed by atoms with E-state index in [0.29, 0.717) is 29.3 Å². The van der Waals surface area contributed by atoms with Gasteiger partial charge < -0.3 is 14.9 Å². The Morgan fingerprint density at radius 3 is 2.46 bits per heavy atom. The summed E-state index contributed by atoms with van der Waals surface area (Å²) >= 11 is 1.90. The minimum atomic E-state index is -4.19. The van der Waals surface area contributed by atoms with Gasteiger partial charge in [0, 0.05) is 9.49 Å². The summed E-state index contributed by atoms with van der Waals surface area (Å²) in [4.78, 5) is 23.2. The number of aliphatic carboxylic acids is 1. The monoisotopic (exact) mass is 454 g/mol. The molecule has 0 radical (unpaired) electrons. The number of carbonyl (C=O) groups is 2. The molecular weight excluding hydrogens is 437 g/mol. The van der Waals surface area contributed by atoms with Crippen LogP contribution in [0.5, 0.6) is 5.75 Å². The van der Waals surface area contributed by atoms with Crippen LogP contribution in [0, 0.1) is 9.49 Å². The Labute approximate surface area is 151 Å². The molecule has 1 aliphatic carbocycles. The highest BCUT2D eigenvalue weighted by Gasteiger charge is 2.53. The molecule has 132 valence electrons. The summed E-state index contributed by atoms with van der Waals surface area (Å²) in [6.45, 7) is 0. The van der Waals surface area contributed by atoms with Crippen molar-refractivity contribution >= 4 is 34.5 Å². The Morgan fingerprint density at radius 2 is 1.88 bits per heavy atom. The number of hydrogen-bond donors (Lipinski definition) is 2. The molecule has 8 heteroatoms. The van der Waals surface area contributed by atoms with Crippen LogP contribution in [0.1, 0.15) is 42.5 Å². The van der Waals surface area contributed by atoms with Crippen molar-refractivity contribution in [2.24, 2.45) is 5.92 Å². The Morgan fingerprint density at radius 1 is 1.25 bits per heavy atom. The van der Waals surface area contributed by atoms with E-state index in [4.69, 9.17) is 9.84 Å². The average Bonchev–Trinajstić information content (AvgIpc) is 2.55. The molecule has 0 aliphatic heterocycles. The van der Waals surface area contributed by atoms with Crippen molar-refractivity contribution in [3.63, 3.8) is 0 Å². The third-order valence-corrected chi connectivity index (χ3v) is 4.80. The molecule has 1 atom stereocenters. The van der Waals surface area contributed by atoms with Crippen molar-refractivity contribution in [2.75, 3.05) is 0 Å². The van der Waals surface area contributed by atoms with E-state index >= 15 is 0 Å². The van der Waals surface area contributed by atoms with Gasteiger partial charge in [0.25, 0.3) is 0 Å². The third kappa shape index (κ3) is 4.14. The molecule has 1 aromatic carbocycles. The van der Waals surface area contributed by atoms with Crippen molar-refractivity contribution < 1.29 is 33.3 Å². The number of halogens is 3. The van der Waals surface area contributed by atoms with Gasteiger partial charge in [-0.1, -0.05) is 19.3 Å². The summed E-state index contributed by atoms with van der Waals surface area (Å²) < 4.78 is 33.7. The quantitative estimate of drug-likeness (QED) is 0.522. The summed E-state index contributed by atoms with van der Waals surface area (Å²) in [7, 11) is 0. The molecule has 1 aromatic rings. The van der Waals surface area contributed by atoms with Gasteiger partial charge in [0.05, 0.1) is 0 Å². The molecule has 0 saturated heterocycles. The predicted molar refractivity (Wildman–Crippen MR) is 89.2 cm³/mol. The summed E-state index contributed by atoms with van der Waals surface area (Å²) in [5, 5.41) is 18.6. The number of hydrogen-bond acceptors (Lipinski definition) is 4. The number of phenols is 1. The van der Waals surface area contributed by atoms with Gasteiger partial charge in [0.2, 0.25) is 0 Å². The second-order valence-electron chi connectivity index (χ2n) is 5.81. The van der Waals surface area contributed by atoms with Crippen molar-refractivity contribution in [3.8, 4) is 5.75 Å². The fraction of sp³-hybridized carbons (Fsp3) is 0.500. The maximum atomic E-state index is 14.1. The van der Waals surface area contributed by atoms with Crippen LogP contribution in [-0.4, -0.2) is 34.2 Å². The third-order valence-electron chi connectivity index (χ3n) is 4.13. The smallest absolute Gasteiger partial charge is 0.378 e. The molecule has 1 saturated carbocycles. The standard InChI is InChI=1S/C16H17F2IO5/c17-16(18,15(22)23)13(9-4-2-1-3-5-9)24-14(21)11-8-10(19)6-7-12(11)20/h6-9,13,20H,1-5H2,(H,22,23). The molecule has 0 spiro atoms. The van der Waals surface area contributed by atoms with E-state index in [2.05, 4.69) is 0 Å². The number of benzene rings is 1. The largest absolute Gasteiger partial charge is 0.507 e. The Bertz CT molecular complexity index is 629. The molecule has 0 heterocycles. The SMILES string of the molecule is O=C(OC(C1CCCCC1)C(F)(F)C(=O)O)c1cc(I)ccc1O. The van der Waals surface area contributed by atoms with Crippen LogP contribution in [0.25, 0.3) is 0 Å². The first-order valence-electron chi connectivity index (χ1n) is 7.54. The van der Waals surface area contributed by atoms with Gasteiger partial charge in [-0.15, -0.1) is 0 Å². The van der Waals surface area contributed by atoms with E-state index in [9.17, 15) is 23.5 Å². The number of rotatable bonds is 5. The number of esters is 1. The van der Waals surface area contributed by atoms with Crippen LogP contribution in [0.15, 0.2) is 18.2 Å². The van der Waals surface area contributed by atoms with E-state index in [0.717, 1.165) is 6.42 Å². The zero-order valence-corrected chi connectivity index (χ0v) is 14.8. The van der Waals surface area contributed by atoms with Gasteiger partial charge >= 0.3 is 17.9 Å². The lowest BCUT2D eigenvalue weighted by Gasteiger charge is -2.33. The number of carboxylic acid groups (broad SMARTS) is 1. The molecule has 0 amide bonds. The van der Waals surface area contributed by atoms with Gasteiger partial charge in [0.15, 0.2) is 6.10 Å². The molecule has 0 bridgehead atoms. The average molecular weight is 454 g/mol. The highest BCUT2D eigenvalue weighted by atomic mass is 127. The summed E-state index contributed by atoms with van der Waals surface area (Å²) in [5.41, 5.74) is -0.260. The molecule has 5 nitrogen and oxygen atoms in total. The van der Waals surface area contributed by atoms with E-state index < -0.39 is 35.6 Å². The highest BCUT2D eigenvalue weighted by Crippen LogP contribution is 2.37. The van der Waals surface area contributed by atoms with Gasteiger partial charge in [0.1, 0.15) is 11.3 Å². The normalized spacial score (nSPS) is 17.3. The van der Waals surface area contributed by atoms with E-state index in [1.54, 1.807) is 0 Å². The van der Waals surface area contributed by atoms with Gasteiger partial charge in [-0.3, -0.25) is 0 Å². The van der Waals surface area contributed by atoms with Crippen molar-refractivity contribution in [1.82, 2.24) is 0 Å². The first-order chi connectivity index (χ1) is 11.2. The zero-order valence-electron chi connectivity index (χ0n) is 12.7. The fourth-order valence-electron chi connectivity index (χ4n) is 2.88. The molecule has 1 aliphatic rings. The molecule has 2 rings (SSSR count). The van der Waals surface area contributed by atoms with Crippen LogP contribution in [0.2, 0.25) is 0 Å². The second-order valence-corrected chi connectivity index (χ2v) is 7.06. The van der Waals surface area contributed by atoms with Crippen molar-refractivity contribution in [1.29, 1.82) is 0 Å². The molecule has 2 N–H and O–H groups in total. The van der Waals surface area contributed by atoms with Gasteiger partial charge in [-0.2, -0.15) is 8.78 Å². The highest BCUT2D eigenvalue weighted by molar-refractivity contribution is 14.1. The number of phenolic OH excluding ortho intramolecular Hbond substituents is 1. The fourth-order valence-corrected chi connectivity index (χ4v) is 3.37. The predicted octanol–water partition coefficient (Wildman–Crippen LogP) is 3.82. The maximum absolute atomic E-state index is 14.1. The van der Waals surface area contributed by atoms with Crippen molar-refractivity contribution in [3.05, 3.63) is 27.3 Å². The summed E-state index contributed by atoms with van der Waals surface area (Å²) in [6, 6.07) is 4.09. The maximum Gasteiger partial charge on any atom is 0.378 e. The first-order valence-corrected chi connectivity index (χ1v) is 8.62. The molecule has 24 heavy (non-hydrogen) atoms. The summed E-state index contributed by atoms with van der Waals surface area (Å²) in [5.74, 6) is -8.78. The molecular formula is C16H17F2IO5. The lowest BCUT2D eigenvalue weighted by Crippen LogP contribution is -2.48. The topological polar surface area (TPSA) is 83.8 Å². The number of carboxylic acids is 1. The Kier molecular flexibility index (Phi) is 6.00. The summed E-state index contributed by atoms with van der Waals surface area (Å²) in [6.07, 6.45) is 0.942. The number of aromatic hydroxyl groups is 1. The van der Waals surface area contributed by atoms with E-state index in [1.807, 2.05) is 22.6 Å².